The van der Waals surface area contributed by atoms with E-state index in [1.54, 1.807) is 49.4 Å². The van der Waals surface area contributed by atoms with Crippen LogP contribution in [-0.2, 0) is 9.53 Å². The number of amidine groups is 1. The summed E-state index contributed by atoms with van der Waals surface area (Å²) in [6, 6.07) is 15.2. The molecule has 0 bridgehead atoms. The van der Waals surface area contributed by atoms with Crippen molar-refractivity contribution in [1.29, 1.82) is 5.41 Å². The molecule has 0 saturated heterocycles. The summed E-state index contributed by atoms with van der Waals surface area (Å²) in [5.74, 6) is 3.76. The average molecular weight is 497 g/mol. The Morgan fingerprint density at radius 3 is 2.30 bits per heavy atom. The van der Waals surface area contributed by atoms with Crippen LogP contribution in [0.15, 0.2) is 60.7 Å². The third kappa shape index (κ3) is 6.21. The van der Waals surface area contributed by atoms with Crippen molar-refractivity contribution in [2.24, 2.45) is 0 Å². The highest BCUT2D eigenvalue weighted by atomic mass is 19.1. The number of nitrogens with one attached hydrogen (secondary N) is 2. The number of rotatable bonds is 9. The highest BCUT2D eigenvalue weighted by Crippen LogP contribution is 2.31. The number of ether oxygens (including phenoxy) is 1. The van der Waals surface area contributed by atoms with Gasteiger partial charge in [-0.05, 0) is 60.7 Å². The molecular formula is C29H25FN4O3. The molecule has 2 amide bonds. The van der Waals surface area contributed by atoms with Gasteiger partial charge in [0.05, 0.1) is 23.5 Å². The number of hydrogen-bond donors (Lipinski definition) is 2. The maximum Gasteiger partial charge on any atom is 0.257 e. The fraction of sp³-hybridized carbons (Fsp3) is 0.138. The fourth-order valence-corrected chi connectivity index (χ4v) is 3.52. The maximum absolute atomic E-state index is 15.3. The minimum atomic E-state index is -0.744. The van der Waals surface area contributed by atoms with E-state index in [1.165, 1.54) is 30.3 Å². The molecule has 186 valence electrons. The van der Waals surface area contributed by atoms with Gasteiger partial charge in [0.25, 0.3) is 5.91 Å². The van der Waals surface area contributed by atoms with Gasteiger partial charge in [-0.15, -0.1) is 12.8 Å². The summed E-state index contributed by atoms with van der Waals surface area (Å²) in [5, 5.41) is 11.0. The molecule has 2 N–H and O–H groups in total. The van der Waals surface area contributed by atoms with Gasteiger partial charge in [0.1, 0.15) is 11.7 Å². The number of carbonyl (C=O) groups excluding carboxylic acids is 2. The summed E-state index contributed by atoms with van der Waals surface area (Å²) in [5.41, 5.74) is 1.96. The molecule has 3 rings (SSSR count). The smallest absolute Gasteiger partial charge is 0.257 e. The second-order valence-electron chi connectivity index (χ2n) is 7.96. The molecule has 0 heterocycles. The zero-order valence-electron chi connectivity index (χ0n) is 20.4. The molecule has 0 spiro atoms. The SMILES string of the molecule is C#Cc1ccc(NC(=O)c2cc(C#C)ccc2N(C=O)c2ccc(C(=N)N(C)CCOC)cc2F)cc1. The molecule has 7 nitrogen and oxygen atoms in total. The van der Waals surface area contributed by atoms with Crippen LogP contribution in [0, 0.1) is 35.9 Å². The minimum absolute atomic E-state index is 0.0686. The van der Waals surface area contributed by atoms with E-state index >= 15 is 4.39 Å². The lowest BCUT2D eigenvalue weighted by Gasteiger charge is -2.23. The molecule has 0 aromatic heterocycles. The molecule has 8 heteroatoms. The standard InChI is InChI=1S/C29H25FN4O3/c1-5-20-7-11-23(12-8-20)32-29(36)24-17-21(6-2)9-13-26(24)34(19-35)27-14-10-22(18-25(27)30)28(31)33(3)15-16-37-4/h1-2,7-14,17-19,31H,15-16H2,3-4H3,(H,32,36). The van der Waals surface area contributed by atoms with Gasteiger partial charge in [-0.25, -0.2) is 4.39 Å². The first-order valence-corrected chi connectivity index (χ1v) is 11.1. The second-order valence-corrected chi connectivity index (χ2v) is 7.96. The molecule has 0 saturated carbocycles. The van der Waals surface area contributed by atoms with Gasteiger partial charge in [-0.3, -0.25) is 19.9 Å². The zero-order valence-corrected chi connectivity index (χ0v) is 20.4. The van der Waals surface area contributed by atoms with E-state index < -0.39 is 11.7 Å². The monoisotopic (exact) mass is 496 g/mol. The summed E-state index contributed by atoms with van der Waals surface area (Å²) in [4.78, 5) is 28.0. The molecule has 37 heavy (non-hydrogen) atoms. The number of methoxy groups -OCH3 is 1. The summed E-state index contributed by atoms with van der Waals surface area (Å²) < 4.78 is 20.3. The van der Waals surface area contributed by atoms with Crippen molar-refractivity contribution < 1.29 is 18.7 Å². The van der Waals surface area contributed by atoms with E-state index in [4.69, 9.17) is 23.0 Å². The van der Waals surface area contributed by atoms with E-state index in [-0.39, 0.29) is 22.8 Å². The first-order chi connectivity index (χ1) is 17.8. The van der Waals surface area contributed by atoms with Crippen molar-refractivity contribution in [3.05, 3.63) is 88.7 Å². The summed E-state index contributed by atoms with van der Waals surface area (Å²) in [6.45, 7) is 0.857. The van der Waals surface area contributed by atoms with Gasteiger partial charge < -0.3 is 15.0 Å². The molecule has 0 fully saturated rings. The van der Waals surface area contributed by atoms with Crippen LogP contribution in [0.1, 0.15) is 27.0 Å². The van der Waals surface area contributed by atoms with Gasteiger partial charge in [-0.2, -0.15) is 0 Å². The van der Waals surface area contributed by atoms with E-state index in [0.717, 1.165) is 4.90 Å². The quantitative estimate of drug-likeness (QED) is 0.201. The van der Waals surface area contributed by atoms with E-state index in [0.29, 0.717) is 41.9 Å². The lowest BCUT2D eigenvalue weighted by molar-refractivity contribution is -0.106. The van der Waals surface area contributed by atoms with Gasteiger partial charge in [0.15, 0.2) is 0 Å². The van der Waals surface area contributed by atoms with Crippen molar-refractivity contribution in [3.63, 3.8) is 0 Å². The first kappa shape index (κ1) is 26.7. The van der Waals surface area contributed by atoms with Crippen molar-refractivity contribution in [2.75, 3.05) is 37.5 Å². The van der Waals surface area contributed by atoms with Crippen LogP contribution in [0.5, 0.6) is 0 Å². The molecular weight excluding hydrogens is 471 g/mol. The summed E-state index contributed by atoms with van der Waals surface area (Å²) in [6.07, 6.45) is 11.3. The molecule has 3 aromatic carbocycles. The Labute approximate surface area is 215 Å². The molecule has 0 aliphatic heterocycles. The lowest BCUT2D eigenvalue weighted by Crippen LogP contribution is -2.30. The molecule has 3 aromatic rings. The predicted octanol–water partition coefficient (Wildman–Crippen LogP) is 4.24. The highest BCUT2D eigenvalue weighted by Gasteiger charge is 2.22. The Kier molecular flexibility index (Phi) is 8.77. The topological polar surface area (TPSA) is 85.7 Å². The minimum Gasteiger partial charge on any atom is -0.383 e. The van der Waals surface area contributed by atoms with Crippen molar-refractivity contribution in [2.45, 2.75) is 0 Å². The number of likely N-dealkylation sites (N-methyl/N-ethyl adjacent to an activating group) is 1. The Morgan fingerprint density at radius 2 is 1.70 bits per heavy atom. The van der Waals surface area contributed by atoms with Crippen LogP contribution in [0.3, 0.4) is 0 Å². The average Bonchev–Trinajstić information content (AvgIpc) is 2.92. The number of benzene rings is 3. The third-order valence-electron chi connectivity index (χ3n) is 5.58. The molecule has 0 unspecified atom stereocenters. The predicted molar refractivity (Wildman–Crippen MR) is 143 cm³/mol. The third-order valence-corrected chi connectivity index (χ3v) is 5.58. The normalized spacial score (nSPS) is 10.1. The van der Waals surface area contributed by atoms with Gasteiger partial charge >= 0.3 is 0 Å². The van der Waals surface area contributed by atoms with E-state index in [2.05, 4.69) is 17.2 Å². The van der Waals surface area contributed by atoms with E-state index in [1.807, 2.05) is 0 Å². The van der Waals surface area contributed by atoms with Gasteiger partial charge in [0.2, 0.25) is 6.41 Å². The number of terminal acetylenes is 2. The molecule has 0 atom stereocenters. The number of anilines is 3. The number of hydrogen-bond acceptors (Lipinski definition) is 4. The number of halogens is 1. The van der Waals surface area contributed by atoms with Crippen LogP contribution in [0.4, 0.5) is 21.5 Å². The Hall–Kier alpha value is -4.92. The van der Waals surface area contributed by atoms with Crippen molar-refractivity contribution >= 4 is 35.2 Å². The Bertz CT molecular complexity index is 1400. The number of carbonyl (C=O) groups is 2. The molecule has 0 aliphatic rings. The van der Waals surface area contributed by atoms with Crippen LogP contribution >= 0.6 is 0 Å². The van der Waals surface area contributed by atoms with Crippen LogP contribution in [-0.4, -0.2) is 50.4 Å². The van der Waals surface area contributed by atoms with E-state index in [9.17, 15) is 9.59 Å². The Morgan fingerprint density at radius 1 is 1.05 bits per heavy atom. The maximum atomic E-state index is 15.3. The fourth-order valence-electron chi connectivity index (χ4n) is 3.52. The number of amides is 2. The summed E-state index contributed by atoms with van der Waals surface area (Å²) in [7, 11) is 3.25. The summed E-state index contributed by atoms with van der Waals surface area (Å²) >= 11 is 0. The Balaban J connectivity index is 1.97. The van der Waals surface area contributed by atoms with Crippen LogP contribution in [0.2, 0.25) is 0 Å². The zero-order chi connectivity index (χ0) is 26.9. The van der Waals surface area contributed by atoms with Gasteiger partial charge in [0, 0.05) is 43.1 Å². The van der Waals surface area contributed by atoms with Gasteiger partial charge in [-0.1, -0.05) is 11.8 Å². The van der Waals surface area contributed by atoms with Crippen molar-refractivity contribution in [1.82, 2.24) is 4.90 Å². The lowest BCUT2D eigenvalue weighted by atomic mass is 10.1. The van der Waals surface area contributed by atoms with Crippen LogP contribution in [0.25, 0.3) is 0 Å². The molecule has 0 radical (unpaired) electrons. The largest absolute Gasteiger partial charge is 0.383 e. The van der Waals surface area contributed by atoms with Crippen molar-refractivity contribution in [3.8, 4) is 24.7 Å². The second kappa shape index (κ2) is 12.2. The number of nitrogens with zero attached hydrogens (tertiary/aromatic N) is 2. The highest BCUT2D eigenvalue weighted by molar-refractivity contribution is 6.10. The molecule has 0 aliphatic carbocycles. The van der Waals surface area contributed by atoms with Crippen LogP contribution < -0.4 is 10.2 Å². The first-order valence-electron chi connectivity index (χ1n) is 11.1.